The van der Waals surface area contributed by atoms with E-state index >= 15 is 0 Å². The van der Waals surface area contributed by atoms with Crippen molar-refractivity contribution in [1.29, 1.82) is 0 Å². The molecule has 0 bridgehead atoms. The molecule has 0 aliphatic carbocycles. The van der Waals surface area contributed by atoms with Crippen LogP contribution in [0.1, 0.15) is 13.8 Å². The molecule has 0 saturated carbocycles. The Balaban J connectivity index is 3.86. The molecule has 0 fully saturated rings. The largest absolute Gasteiger partial charge is 0.394 e. The molecule has 0 heterocycles. The summed E-state index contributed by atoms with van der Waals surface area (Å²) >= 11 is 0. The molecule has 0 aromatic heterocycles. The highest BCUT2D eigenvalue weighted by Gasteiger charge is 2.15. The summed E-state index contributed by atoms with van der Waals surface area (Å²) in [4.78, 5) is 12.6. The quantitative estimate of drug-likeness (QED) is 0.603. The summed E-state index contributed by atoms with van der Waals surface area (Å²) in [5, 5.41) is 17.5. The molecule has 1 amide bonds. The van der Waals surface area contributed by atoms with Crippen LogP contribution in [0.5, 0.6) is 0 Å². The van der Waals surface area contributed by atoms with Crippen LogP contribution in [-0.4, -0.2) is 47.3 Å². The second-order valence-corrected chi connectivity index (χ2v) is 3.21. The summed E-state index contributed by atoms with van der Waals surface area (Å²) in [7, 11) is 1.61. The van der Waals surface area contributed by atoms with Gasteiger partial charge in [0.25, 0.3) is 0 Å². The van der Waals surface area contributed by atoms with Gasteiger partial charge in [0.2, 0.25) is 5.91 Å². The number of amides is 1. The van der Waals surface area contributed by atoms with Crippen molar-refractivity contribution in [3.05, 3.63) is 0 Å². The van der Waals surface area contributed by atoms with Crippen molar-refractivity contribution in [2.24, 2.45) is 5.92 Å². The molecule has 4 heteroatoms. The van der Waals surface area contributed by atoms with Crippen molar-refractivity contribution in [3.63, 3.8) is 0 Å². The monoisotopic (exact) mass is 175 g/mol. The van der Waals surface area contributed by atoms with E-state index in [4.69, 9.17) is 10.2 Å². The molecule has 0 rings (SSSR count). The smallest absolute Gasteiger partial charge is 0.224 e. The molecule has 72 valence electrons. The van der Waals surface area contributed by atoms with Crippen molar-refractivity contribution in [2.45, 2.75) is 20.0 Å². The number of aliphatic hydroxyl groups excluding tert-OH is 2. The maximum Gasteiger partial charge on any atom is 0.224 e. The van der Waals surface area contributed by atoms with Crippen LogP contribution < -0.4 is 0 Å². The predicted molar refractivity (Wildman–Crippen MR) is 45.6 cm³/mol. The summed E-state index contributed by atoms with van der Waals surface area (Å²) in [6.07, 6.45) is -0.835. The van der Waals surface area contributed by atoms with Crippen molar-refractivity contribution in [2.75, 3.05) is 20.2 Å². The fraction of sp³-hybridized carbons (Fsp3) is 0.875. The van der Waals surface area contributed by atoms with Gasteiger partial charge in [0.05, 0.1) is 12.7 Å². The van der Waals surface area contributed by atoms with E-state index in [-0.39, 0.29) is 25.0 Å². The lowest BCUT2D eigenvalue weighted by Gasteiger charge is -2.21. The van der Waals surface area contributed by atoms with E-state index in [1.807, 2.05) is 0 Å². The van der Waals surface area contributed by atoms with E-state index in [0.29, 0.717) is 0 Å². The molecule has 0 aromatic rings. The molecule has 0 spiro atoms. The summed E-state index contributed by atoms with van der Waals surface area (Å²) in [5.41, 5.74) is 0. The lowest BCUT2D eigenvalue weighted by atomic mass is 10.2. The Labute approximate surface area is 72.8 Å². The minimum absolute atomic E-state index is 0.0255. The van der Waals surface area contributed by atoms with Crippen LogP contribution in [0, 0.1) is 5.92 Å². The van der Waals surface area contributed by atoms with Crippen LogP contribution in [0.4, 0.5) is 0 Å². The average molecular weight is 175 g/mol. The molecule has 4 nitrogen and oxygen atoms in total. The normalized spacial score (nSPS) is 13.2. The number of carbonyl (C=O) groups excluding carboxylic acids is 1. The fourth-order valence-corrected chi connectivity index (χ4v) is 0.905. The Hall–Kier alpha value is -0.610. The van der Waals surface area contributed by atoms with Crippen molar-refractivity contribution < 1.29 is 15.0 Å². The van der Waals surface area contributed by atoms with E-state index in [9.17, 15) is 4.79 Å². The van der Waals surface area contributed by atoms with Gasteiger partial charge in [0.1, 0.15) is 0 Å². The minimum atomic E-state index is -0.835. The summed E-state index contributed by atoms with van der Waals surface area (Å²) in [6, 6.07) is 0. The zero-order valence-electron chi connectivity index (χ0n) is 7.82. The Morgan fingerprint density at radius 3 is 2.33 bits per heavy atom. The van der Waals surface area contributed by atoms with Crippen LogP contribution in [-0.2, 0) is 4.79 Å². The lowest BCUT2D eigenvalue weighted by Crippen LogP contribution is -2.37. The highest BCUT2D eigenvalue weighted by molar-refractivity contribution is 5.77. The van der Waals surface area contributed by atoms with Crippen LogP contribution in [0.15, 0.2) is 0 Å². The van der Waals surface area contributed by atoms with Crippen molar-refractivity contribution in [3.8, 4) is 0 Å². The molecule has 0 aliphatic heterocycles. The first-order chi connectivity index (χ1) is 5.49. The van der Waals surface area contributed by atoms with E-state index in [2.05, 4.69) is 0 Å². The minimum Gasteiger partial charge on any atom is -0.394 e. The zero-order chi connectivity index (χ0) is 9.72. The molecule has 0 aromatic carbocycles. The van der Waals surface area contributed by atoms with Crippen molar-refractivity contribution in [1.82, 2.24) is 4.90 Å². The topological polar surface area (TPSA) is 60.8 Å². The second kappa shape index (κ2) is 5.11. The molecule has 0 saturated heterocycles. The van der Waals surface area contributed by atoms with E-state index in [1.165, 1.54) is 4.90 Å². The van der Waals surface area contributed by atoms with Gasteiger partial charge in [-0.3, -0.25) is 4.79 Å². The Bertz CT molecular complexity index is 147. The molecule has 12 heavy (non-hydrogen) atoms. The van der Waals surface area contributed by atoms with Gasteiger partial charge in [-0.2, -0.15) is 0 Å². The summed E-state index contributed by atoms with van der Waals surface area (Å²) in [5.74, 6) is -0.0941. The number of rotatable bonds is 4. The second-order valence-electron chi connectivity index (χ2n) is 3.21. The highest BCUT2D eigenvalue weighted by atomic mass is 16.3. The molecule has 1 atom stereocenters. The van der Waals surface area contributed by atoms with Gasteiger partial charge in [0.15, 0.2) is 0 Å². The molecule has 2 N–H and O–H groups in total. The summed E-state index contributed by atoms with van der Waals surface area (Å²) < 4.78 is 0. The zero-order valence-corrected chi connectivity index (χ0v) is 7.82. The van der Waals surface area contributed by atoms with Gasteiger partial charge < -0.3 is 15.1 Å². The lowest BCUT2D eigenvalue weighted by molar-refractivity contribution is -0.134. The third kappa shape index (κ3) is 3.69. The van der Waals surface area contributed by atoms with Crippen molar-refractivity contribution >= 4 is 5.91 Å². The average Bonchev–Trinajstić information content (AvgIpc) is 2.02. The number of carbonyl (C=O) groups is 1. The first-order valence-corrected chi connectivity index (χ1v) is 4.03. The first kappa shape index (κ1) is 11.4. The Kier molecular flexibility index (Phi) is 4.85. The SMILES string of the molecule is CC(C)C(=O)N(C)C[C@H](O)CO. The first-order valence-electron chi connectivity index (χ1n) is 4.03. The summed E-state index contributed by atoms with van der Waals surface area (Å²) in [6.45, 7) is 3.47. The molecule has 0 unspecified atom stereocenters. The number of nitrogens with zero attached hydrogens (tertiary/aromatic N) is 1. The predicted octanol–water partition coefficient (Wildman–Crippen LogP) is -0.546. The van der Waals surface area contributed by atoms with Crippen LogP contribution >= 0.6 is 0 Å². The molecule has 0 aliphatic rings. The van der Waals surface area contributed by atoms with Gasteiger partial charge in [-0.05, 0) is 0 Å². The third-order valence-electron chi connectivity index (χ3n) is 1.57. The van der Waals surface area contributed by atoms with E-state index in [1.54, 1.807) is 20.9 Å². The molecular formula is C8H17NO3. The maximum atomic E-state index is 11.2. The van der Waals surface area contributed by atoms with Crippen LogP contribution in [0.2, 0.25) is 0 Å². The van der Waals surface area contributed by atoms with E-state index in [0.717, 1.165) is 0 Å². The van der Waals surface area contributed by atoms with Crippen LogP contribution in [0.25, 0.3) is 0 Å². The van der Waals surface area contributed by atoms with Crippen LogP contribution in [0.3, 0.4) is 0 Å². The highest BCUT2D eigenvalue weighted by Crippen LogP contribution is 1.99. The third-order valence-corrected chi connectivity index (χ3v) is 1.57. The number of aliphatic hydroxyl groups is 2. The number of likely N-dealkylation sites (N-methyl/N-ethyl adjacent to an activating group) is 1. The maximum absolute atomic E-state index is 11.2. The van der Waals surface area contributed by atoms with Gasteiger partial charge in [-0.15, -0.1) is 0 Å². The number of hydrogen-bond acceptors (Lipinski definition) is 3. The van der Waals surface area contributed by atoms with Gasteiger partial charge >= 0.3 is 0 Å². The Morgan fingerprint density at radius 1 is 1.50 bits per heavy atom. The van der Waals surface area contributed by atoms with E-state index < -0.39 is 6.10 Å². The van der Waals surface area contributed by atoms with Gasteiger partial charge in [-0.25, -0.2) is 0 Å². The fourth-order valence-electron chi connectivity index (χ4n) is 0.905. The molecular weight excluding hydrogens is 158 g/mol. The Morgan fingerprint density at radius 2 is 2.00 bits per heavy atom. The molecule has 0 radical (unpaired) electrons. The standard InChI is InChI=1S/C8H17NO3/c1-6(2)8(12)9(3)4-7(11)5-10/h6-7,10-11H,4-5H2,1-3H3/t7-/m0/s1. The van der Waals surface area contributed by atoms with Gasteiger partial charge in [0, 0.05) is 19.5 Å². The number of hydrogen-bond donors (Lipinski definition) is 2. The van der Waals surface area contributed by atoms with Gasteiger partial charge in [-0.1, -0.05) is 13.8 Å².